The normalized spacial score (nSPS) is 18.0. The lowest BCUT2D eigenvalue weighted by Gasteiger charge is -2.32. The summed E-state index contributed by atoms with van der Waals surface area (Å²) in [4.78, 5) is 12.6. The number of halogens is 1. The van der Waals surface area contributed by atoms with Crippen molar-refractivity contribution in [1.29, 1.82) is 5.26 Å². The Hall–Kier alpha value is -2.95. The Kier molecular flexibility index (Phi) is 5.71. The zero-order valence-corrected chi connectivity index (χ0v) is 16.6. The van der Waals surface area contributed by atoms with Gasteiger partial charge in [-0.25, -0.2) is 4.39 Å². The summed E-state index contributed by atoms with van der Waals surface area (Å²) in [6, 6.07) is 11.9. The smallest absolute Gasteiger partial charge is 0.241 e. The van der Waals surface area contributed by atoms with Crippen LogP contribution in [0.5, 0.6) is 5.75 Å². The average molecular weight is 409 g/mol. The Labute approximate surface area is 174 Å². The predicted molar refractivity (Wildman–Crippen MR) is 109 cm³/mol. The number of nitrogens with two attached hydrogens (primary N) is 1. The van der Waals surface area contributed by atoms with Gasteiger partial charge in [-0.1, -0.05) is 18.2 Å². The fraction of sp³-hybridized carbons (Fsp3) is 0.391. The first kappa shape index (κ1) is 20.3. The molecule has 1 fully saturated rings. The Morgan fingerprint density at radius 1 is 1.20 bits per heavy atom. The molecule has 0 unspecified atom stereocenters. The summed E-state index contributed by atoms with van der Waals surface area (Å²) in [5, 5.41) is 12.3. The molecule has 0 saturated carbocycles. The molecule has 156 valence electrons. The molecule has 0 aromatic heterocycles. The summed E-state index contributed by atoms with van der Waals surface area (Å²) in [5.74, 6) is 0.114. The van der Waals surface area contributed by atoms with E-state index in [4.69, 9.17) is 15.2 Å². The summed E-state index contributed by atoms with van der Waals surface area (Å²) < 4.78 is 24.8. The van der Waals surface area contributed by atoms with Crippen LogP contribution in [-0.2, 0) is 22.4 Å². The van der Waals surface area contributed by atoms with Crippen LogP contribution in [-0.4, -0.2) is 37.3 Å². The number of ether oxygens (including phenoxy) is 2. The van der Waals surface area contributed by atoms with Gasteiger partial charge in [0.25, 0.3) is 0 Å². The molecule has 2 aliphatic rings. The van der Waals surface area contributed by atoms with E-state index in [1.165, 1.54) is 6.07 Å². The molecule has 1 amide bonds. The number of carbonyl (C=O) groups excluding carboxylic acids is 1. The third-order valence-corrected chi connectivity index (χ3v) is 5.77. The zero-order chi connectivity index (χ0) is 21.1. The lowest BCUT2D eigenvalue weighted by molar-refractivity contribution is -0.130. The second kappa shape index (κ2) is 8.42. The van der Waals surface area contributed by atoms with Crippen LogP contribution in [0.1, 0.15) is 24.0 Å². The topological polar surface area (TPSA) is 97.4 Å². The highest BCUT2D eigenvalue weighted by Gasteiger charge is 2.36. The van der Waals surface area contributed by atoms with Gasteiger partial charge >= 0.3 is 0 Å². The number of hydrogen-bond donors (Lipinski definition) is 2. The fourth-order valence-corrected chi connectivity index (χ4v) is 3.97. The molecule has 0 aliphatic carbocycles. The van der Waals surface area contributed by atoms with E-state index in [9.17, 15) is 14.4 Å². The summed E-state index contributed by atoms with van der Waals surface area (Å²) >= 11 is 0. The van der Waals surface area contributed by atoms with Crippen LogP contribution in [0.2, 0.25) is 0 Å². The Bertz CT molecular complexity index is 996. The van der Waals surface area contributed by atoms with Crippen LogP contribution in [0.25, 0.3) is 11.1 Å². The quantitative estimate of drug-likeness (QED) is 0.809. The van der Waals surface area contributed by atoms with Gasteiger partial charge < -0.3 is 20.5 Å². The monoisotopic (exact) mass is 409 g/mol. The maximum absolute atomic E-state index is 13.6. The highest BCUT2D eigenvalue weighted by molar-refractivity contribution is 5.86. The van der Waals surface area contributed by atoms with Gasteiger partial charge in [0, 0.05) is 31.6 Å². The number of nitrogens with zero attached hydrogens (tertiary/aromatic N) is 1. The van der Waals surface area contributed by atoms with Crippen molar-refractivity contribution in [3.05, 3.63) is 53.3 Å². The maximum Gasteiger partial charge on any atom is 0.241 e. The number of rotatable bonds is 4. The van der Waals surface area contributed by atoms with E-state index in [2.05, 4.69) is 11.4 Å². The number of nitrogens with one attached hydrogen (secondary N) is 1. The van der Waals surface area contributed by atoms with Crippen molar-refractivity contribution in [3.63, 3.8) is 0 Å². The molecule has 2 aromatic rings. The summed E-state index contributed by atoms with van der Waals surface area (Å²) in [5.41, 5.74) is 8.84. The molecule has 1 saturated heterocycles. The maximum atomic E-state index is 13.6. The van der Waals surface area contributed by atoms with E-state index in [1.54, 1.807) is 12.1 Å². The van der Waals surface area contributed by atoms with Gasteiger partial charge in [0.15, 0.2) is 0 Å². The van der Waals surface area contributed by atoms with Crippen LogP contribution in [0.4, 0.5) is 4.39 Å². The molecule has 6 nitrogen and oxygen atoms in total. The highest BCUT2D eigenvalue weighted by atomic mass is 19.1. The number of benzene rings is 2. The Balaban J connectivity index is 1.51. The Morgan fingerprint density at radius 3 is 2.73 bits per heavy atom. The van der Waals surface area contributed by atoms with Crippen LogP contribution >= 0.6 is 0 Å². The lowest BCUT2D eigenvalue weighted by atomic mass is 9.90. The van der Waals surface area contributed by atoms with Crippen LogP contribution in [0.3, 0.4) is 0 Å². The number of nitriles is 1. The molecule has 2 aliphatic heterocycles. The molecular formula is C23H24FN3O3. The van der Waals surface area contributed by atoms with Gasteiger partial charge in [-0.3, -0.25) is 4.79 Å². The lowest BCUT2D eigenvalue weighted by Crippen LogP contribution is -2.58. The van der Waals surface area contributed by atoms with Crippen LogP contribution in [0, 0.1) is 17.1 Å². The van der Waals surface area contributed by atoms with E-state index in [0.717, 1.165) is 22.3 Å². The average Bonchev–Trinajstić information content (AvgIpc) is 2.92. The van der Waals surface area contributed by atoms with Crippen molar-refractivity contribution in [1.82, 2.24) is 5.32 Å². The number of fused-ring (bicyclic) bond motifs is 3. The Morgan fingerprint density at radius 2 is 1.97 bits per heavy atom. The van der Waals surface area contributed by atoms with Gasteiger partial charge in [0.2, 0.25) is 5.91 Å². The van der Waals surface area contributed by atoms with Crippen molar-refractivity contribution in [2.75, 3.05) is 19.8 Å². The van der Waals surface area contributed by atoms with E-state index in [1.807, 2.05) is 18.2 Å². The number of carbonyl (C=O) groups is 1. The van der Waals surface area contributed by atoms with Gasteiger partial charge in [0.05, 0.1) is 18.2 Å². The molecule has 2 aromatic carbocycles. The van der Waals surface area contributed by atoms with E-state index >= 15 is 0 Å². The molecule has 1 atom stereocenters. The van der Waals surface area contributed by atoms with Crippen molar-refractivity contribution in [3.8, 4) is 22.9 Å². The zero-order valence-electron chi connectivity index (χ0n) is 16.6. The molecule has 7 heteroatoms. The van der Waals surface area contributed by atoms with Gasteiger partial charge in [0.1, 0.15) is 17.6 Å². The standard InChI is InChI=1S/C23H24FN3O3/c24-17-2-4-19-16(13-17)5-8-30-21-12-15(1-3-20(19)21)11-18(14-25)27-22(28)23(26)6-9-29-10-7-23/h1-4,12-13,18H,5-11,26H2,(H,27,28)/t18-/m1/s1. The van der Waals surface area contributed by atoms with Gasteiger partial charge in [-0.15, -0.1) is 0 Å². The molecule has 3 N–H and O–H groups in total. The number of hydrogen-bond acceptors (Lipinski definition) is 5. The van der Waals surface area contributed by atoms with E-state index in [-0.39, 0.29) is 11.7 Å². The number of amides is 1. The van der Waals surface area contributed by atoms with Crippen molar-refractivity contribution in [2.45, 2.75) is 37.3 Å². The molecular weight excluding hydrogens is 385 g/mol. The van der Waals surface area contributed by atoms with Gasteiger partial charge in [-0.2, -0.15) is 5.26 Å². The summed E-state index contributed by atoms with van der Waals surface area (Å²) in [6.45, 7) is 1.33. The van der Waals surface area contributed by atoms with Crippen molar-refractivity contribution >= 4 is 5.91 Å². The second-order valence-corrected chi connectivity index (χ2v) is 7.86. The minimum absolute atomic E-state index is 0.261. The largest absolute Gasteiger partial charge is 0.493 e. The molecule has 30 heavy (non-hydrogen) atoms. The minimum Gasteiger partial charge on any atom is -0.493 e. The third kappa shape index (κ3) is 4.16. The molecule has 2 heterocycles. The van der Waals surface area contributed by atoms with Gasteiger partial charge in [-0.05, 0) is 47.7 Å². The van der Waals surface area contributed by atoms with Crippen molar-refractivity contribution in [2.24, 2.45) is 5.73 Å². The molecule has 4 rings (SSSR count). The summed E-state index contributed by atoms with van der Waals surface area (Å²) in [7, 11) is 0. The summed E-state index contributed by atoms with van der Waals surface area (Å²) in [6.07, 6.45) is 1.82. The van der Waals surface area contributed by atoms with E-state index in [0.29, 0.717) is 51.3 Å². The molecule has 0 radical (unpaired) electrons. The first-order valence-corrected chi connectivity index (χ1v) is 10.1. The highest BCUT2D eigenvalue weighted by Crippen LogP contribution is 2.36. The molecule has 0 bridgehead atoms. The first-order chi connectivity index (χ1) is 14.5. The van der Waals surface area contributed by atoms with Crippen LogP contribution < -0.4 is 15.8 Å². The minimum atomic E-state index is -0.997. The predicted octanol–water partition coefficient (Wildman–Crippen LogP) is 2.49. The van der Waals surface area contributed by atoms with E-state index < -0.39 is 11.6 Å². The SMILES string of the molecule is N#C[C@@H](Cc1ccc2c(c1)OCCc1cc(F)ccc1-2)NC(=O)C1(N)CCOCC1. The van der Waals surface area contributed by atoms with Crippen LogP contribution in [0.15, 0.2) is 36.4 Å². The first-order valence-electron chi connectivity index (χ1n) is 10.1. The fourth-order valence-electron chi connectivity index (χ4n) is 3.97. The second-order valence-electron chi connectivity index (χ2n) is 7.86. The third-order valence-electron chi connectivity index (χ3n) is 5.77. The van der Waals surface area contributed by atoms with Crippen molar-refractivity contribution < 1.29 is 18.7 Å². The molecule has 0 spiro atoms.